The quantitative estimate of drug-likeness (QED) is 0.414. The summed E-state index contributed by atoms with van der Waals surface area (Å²) in [6.45, 7) is 4.91. The van der Waals surface area contributed by atoms with Gasteiger partial charge in [-0.25, -0.2) is 18.0 Å². The van der Waals surface area contributed by atoms with E-state index in [1.807, 2.05) is 0 Å². The maximum Gasteiger partial charge on any atom is 0.412 e. The third-order valence-electron chi connectivity index (χ3n) is 3.36. The van der Waals surface area contributed by atoms with Gasteiger partial charge in [-0.15, -0.1) is 0 Å². The first-order chi connectivity index (χ1) is 13.5. The molecule has 0 aromatic heterocycles. The largest absolute Gasteiger partial charge is 0.444 e. The maximum absolute atomic E-state index is 14.0. The van der Waals surface area contributed by atoms with E-state index < -0.39 is 34.9 Å². The Morgan fingerprint density at radius 3 is 2.28 bits per heavy atom. The van der Waals surface area contributed by atoms with E-state index in [1.54, 1.807) is 20.8 Å². The molecule has 0 heterocycles. The topological polar surface area (TPSA) is 67.4 Å². The van der Waals surface area contributed by atoms with Crippen LogP contribution in [0.5, 0.6) is 0 Å². The molecule has 0 atom stereocenters. The van der Waals surface area contributed by atoms with Crippen LogP contribution in [0.4, 0.5) is 29.3 Å². The zero-order chi connectivity index (χ0) is 21.8. The number of carbonyl (C=O) groups excluding carboxylic acids is 2. The Bertz CT molecular complexity index is 972. The summed E-state index contributed by atoms with van der Waals surface area (Å²) in [6.07, 6.45) is 1.17. The lowest BCUT2D eigenvalue weighted by Crippen LogP contribution is -2.27. The first kappa shape index (κ1) is 22.5. The molecule has 0 unspecified atom stereocenters. The number of amides is 1. The van der Waals surface area contributed by atoms with Crippen LogP contribution < -0.4 is 10.6 Å². The molecule has 9 heteroatoms. The number of benzene rings is 2. The average Bonchev–Trinajstić information content (AvgIpc) is 2.56. The Morgan fingerprint density at radius 1 is 1.00 bits per heavy atom. The minimum atomic E-state index is -1.00. The van der Waals surface area contributed by atoms with E-state index in [9.17, 15) is 22.8 Å². The van der Waals surface area contributed by atoms with E-state index in [0.29, 0.717) is 10.5 Å². The average molecular weight is 471 g/mol. The third kappa shape index (κ3) is 6.63. The van der Waals surface area contributed by atoms with Crippen molar-refractivity contribution in [3.05, 3.63) is 70.1 Å². The fourth-order valence-electron chi connectivity index (χ4n) is 2.16. The molecule has 1 amide bonds. The lowest BCUT2D eigenvalue weighted by molar-refractivity contribution is 0.0635. The van der Waals surface area contributed by atoms with Crippen molar-refractivity contribution in [1.82, 2.24) is 0 Å². The fraction of sp³-hybridized carbons (Fsp3) is 0.200. The van der Waals surface area contributed by atoms with Crippen LogP contribution in [-0.4, -0.2) is 17.5 Å². The highest BCUT2D eigenvalue weighted by molar-refractivity contribution is 9.10. The van der Waals surface area contributed by atoms with Crippen molar-refractivity contribution in [2.75, 3.05) is 10.6 Å². The van der Waals surface area contributed by atoms with E-state index in [4.69, 9.17) is 4.74 Å². The molecule has 0 saturated heterocycles. The molecule has 0 aliphatic heterocycles. The number of halogens is 4. The summed E-state index contributed by atoms with van der Waals surface area (Å²) in [6, 6.07) is 5.52. The molecule has 0 spiro atoms. The van der Waals surface area contributed by atoms with Crippen molar-refractivity contribution in [2.45, 2.75) is 26.4 Å². The number of allylic oxidation sites excluding steroid dienone is 1. The molecule has 154 valence electrons. The van der Waals surface area contributed by atoms with Crippen molar-refractivity contribution in [3.63, 3.8) is 0 Å². The number of ketones is 1. The number of hydrogen-bond donors (Lipinski definition) is 2. The molecule has 2 rings (SSSR count). The molecule has 0 aliphatic rings. The predicted octanol–water partition coefficient (Wildman–Crippen LogP) is 6.02. The van der Waals surface area contributed by atoms with E-state index in [0.717, 1.165) is 24.4 Å². The van der Waals surface area contributed by atoms with Gasteiger partial charge in [-0.1, -0.05) is 15.9 Å². The number of nitrogens with one attached hydrogen (secondary N) is 2. The summed E-state index contributed by atoms with van der Waals surface area (Å²) in [5, 5.41) is 4.65. The second-order valence-electron chi connectivity index (χ2n) is 6.90. The van der Waals surface area contributed by atoms with Crippen molar-refractivity contribution in [3.8, 4) is 0 Å². The van der Waals surface area contributed by atoms with Crippen LogP contribution in [0.25, 0.3) is 0 Å². The van der Waals surface area contributed by atoms with Crippen LogP contribution >= 0.6 is 15.9 Å². The number of hydrogen-bond acceptors (Lipinski definition) is 4. The highest BCUT2D eigenvalue weighted by Crippen LogP contribution is 2.24. The van der Waals surface area contributed by atoms with Crippen molar-refractivity contribution in [2.24, 2.45) is 0 Å². The van der Waals surface area contributed by atoms with Gasteiger partial charge in [0.1, 0.15) is 23.1 Å². The van der Waals surface area contributed by atoms with Gasteiger partial charge in [-0.3, -0.25) is 10.1 Å². The van der Waals surface area contributed by atoms with E-state index in [2.05, 4.69) is 26.6 Å². The van der Waals surface area contributed by atoms with Gasteiger partial charge < -0.3 is 10.1 Å². The van der Waals surface area contributed by atoms with Crippen LogP contribution in [0.1, 0.15) is 31.1 Å². The minimum Gasteiger partial charge on any atom is -0.444 e. The molecule has 2 N–H and O–H groups in total. The molecular weight excluding hydrogens is 453 g/mol. The van der Waals surface area contributed by atoms with Crippen LogP contribution in [0.2, 0.25) is 0 Å². The van der Waals surface area contributed by atoms with Gasteiger partial charge in [0.25, 0.3) is 0 Å². The van der Waals surface area contributed by atoms with Crippen LogP contribution in [0, 0.1) is 17.5 Å². The summed E-state index contributed by atoms with van der Waals surface area (Å²) in [7, 11) is 0. The van der Waals surface area contributed by atoms with Crippen LogP contribution in [0.3, 0.4) is 0 Å². The van der Waals surface area contributed by atoms with Crippen molar-refractivity contribution >= 4 is 39.2 Å². The first-order valence-corrected chi connectivity index (χ1v) is 9.17. The molecule has 0 bridgehead atoms. The third-order valence-corrected chi connectivity index (χ3v) is 3.86. The van der Waals surface area contributed by atoms with Crippen LogP contribution in [-0.2, 0) is 4.74 Å². The van der Waals surface area contributed by atoms with Gasteiger partial charge in [0.05, 0.1) is 16.9 Å². The highest BCUT2D eigenvalue weighted by atomic mass is 79.9. The Balaban J connectivity index is 2.13. The lowest BCUT2D eigenvalue weighted by atomic mass is 10.1. The van der Waals surface area contributed by atoms with E-state index in [-0.39, 0.29) is 16.9 Å². The Labute approximate surface area is 174 Å². The molecule has 0 fully saturated rings. The van der Waals surface area contributed by atoms with Crippen molar-refractivity contribution in [1.29, 1.82) is 0 Å². The fourth-order valence-corrected chi connectivity index (χ4v) is 2.49. The Kier molecular flexibility index (Phi) is 7.07. The first-order valence-electron chi connectivity index (χ1n) is 8.38. The van der Waals surface area contributed by atoms with Crippen LogP contribution in [0.15, 0.2) is 47.1 Å². The van der Waals surface area contributed by atoms with Gasteiger partial charge in [-0.05, 0) is 45.0 Å². The minimum absolute atomic E-state index is 0.168. The van der Waals surface area contributed by atoms with E-state index in [1.165, 1.54) is 12.1 Å². The smallest absolute Gasteiger partial charge is 0.412 e. The summed E-state index contributed by atoms with van der Waals surface area (Å²) in [5.41, 5.74) is -1.50. The molecule has 5 nitrogen and oxygen atoms in total. The molecule has 0 radical (unpaired) electrons. The highest BCUT2D eigenvalue weighted by Gasteiger charge is 2.18. The number of rotatable bonds is 5. The maximum atomic E-state index is 14.0. The predicted molar refractivity (Wildman–Crippen MR) is 107 cm³/mol. The Morgan fingerprint density at radius 2 is 1.66 bits per heavy atom. The molecule has 2 aromatic carbocycles. The summed E-state index contributed by atoms with van der Waals surface area (Å²) in [4.78, 5) is 23.8. The van der Waals surface area contributed by atoms with Gasteiger partial charge in [-0.2, -0.15) is 0 Å². The normalized spacial score (nSPS) is 11.4. The summed E-state index contributed by atoms with van der Waals surface area (Å²) in [5.74, 6) is -3.33. The standard InChI is InChI=1S/C20H18BrF3N2O3/c1-20(2,3)29-19(28)26-17-10-16(14(23)9-15(17)24)25-7-6-18(27)12-5-4-11(21)8-13(12)22/h4-10,25H,1-3H3,(H,26,28)/b7-6+. The van der Waals surface area contributed by atoms with Gasteiger partial charge in [0.15, 0.2) is 5.78 Å². The molecule has 0 saturated carbocycles. The number of carbonyl (C=O) groups is 2. The molecule has 29 heavy (non-hydrogen) atoms. The summed E-state index contributed by atoms with van der Waals surface area (Å²) < 4.78 is 47.2. The van der Waals surface area contributed by atoms with Gasteiger partial charge in [0, 0.05) is 22.8 Å². The molecule has 0 aliphatic carbocycles. The number of anilines is 2. The second kappa shape index (κ2) is 9.13. The van der Waals surface area contributed by atoms with Crippen molar-refractivity contribution < 1.29 is 27.5 Å². The number of ether oxygens (including phenoxy) is 1. The molecule has 2 aromatic rings. The summed E-state index contributed by atoms with van der Waals surface area (Å²) >= 11 is 3.09. The lowest BCUT2D eigenvalue weighted by Gasteiger charge is -2.20. The van der Waals surface area contributed by atoms with Gasteiger partial charge >= 0.3 is 6.09 Å². The van der Waals surface area contributed by atoms with Gasteiger partial charge in [0.2, 0.25) is 0 Å². The zero-order valence-corrected chi connectivity index (χ0v) is 17.4. The SMILES string of the molecule is CC(C)(C)OC(=O)Nc1cc(N/C=C/C(=O)c2ccc(Br)cc2F)c(F)cc1F. The second-order valence-corrected chi connectivity index (χ2v) is 7.82. The van der Waals surface area contributed by atoms with E-state index >= 15 is 0 Å². The Hall–Kier alpha value is -2.81. The molecular formula is C20H18BrF3N2O3. The monoisotopic (exact) mass is 470 g/mol. The zero-order valence-electron chi connectivity index (χ0n) is 15.8.